The van der Waals surface area contributed by atoms with Crippen molar-refractivity contribution in [2.24, 2.45) is 11.8 Å². The fourth-order valence-corrected chi connectivity index (χ4v) is 2.72. The van der Waals surface area contributed by atoms with Crippen LogP contribution in [0.2, 0.25) is 0 Å². The number of hydrogen-bond acceptors (Lipinski definition) is 2. The van der Waals surface area contributed by atoms with Crippen LogP contribution >= 0.6 is 24.4 Å². The highest BCUT2D eigenvalue weighted by molar-refractivity contribution is 7.80. The van der Waals surface area contributed by atoms with Crippen molar-refractivity contribution in [1.29, 1.82) is 0 Å². The van der Waals surface area contributed by atoms with Crippen LogP contribution in [0.3, 0.4) is 0 Å². The van der Waals surface area contributed by atoms with E-state index in [1.165, 1.54) is 25.7 Å². The second-order valence-electron chi connectivity index (χ2n) is 6.03. The van der Waals surface area contributed by atoms with E-state index in [4.69, 9.17) is 24.4 Å². The van der Waals surface area contributed by atoms with Crippen LogP contribution in [0.5, 0.6) is 0 Å². The molecule has 2 atom stereocenters. The SMILES string of the molecule is CC(C)CCNC(=S)NNC(=S)N[C@@H]1CCCC[C@H]1C. The molecule has 6 heteroatoms. The lowest BCUT2D eigenvalue weighted by atomic mass is 9.86. The maximum atomic E-state index is 5.29. The van der Waals surface area contributed by atoms with Gasteiger partial charge in [0, 0.05) is 12.6 Å². The van der Waals surface area contributed by atoms with Crippen molar-refractivity contribution in [1.82, 2.24) is 21.5 Å². The normalized spacial score (nSPS) is 22.2. The molecule has 0 radical (unpaired) electrons. The molecule has 20 heavy (non-hydrogen) atoms. The van der Waals surface area contributed by atoms with E-state index in [1.807, 2.05) is 0 Å². The molecule has 4 N–H and O–H groups in total. The van der Waals surface area contributed by atoms with E-state index in [1.54, 1.807) is 0 Å². The fourth-order valence-electron chi connectivity index (χ4n) is 2.37. The Bertz CT molecular complexity index is 320. The quantitative estimate of drug-likeness (QED) is 0.472. The highest BCUT2D eigenvalue weighted by Crippen LogP contribution is 2.23. The molecular weight excluding hydrogens is 288 g/mol. The van der Waals surface area contributed by atoms with E-state index >= 15 is 0 Å². The number of thiocarbonyl (C=S) groups is 2. The summed E-state index contributed by atoms with van der Waals surface area (Å²) in [5, 5.41) is 7.73. The van der Waals surface area contributed by atoms with Crippen molar-refractivity contribution in [2.75, 3.05) is 6.54 Å². The summed E-state index contributed by atoms with van der Waals surface area (Å²) in [4.78, 5) is 0. The molecule has 0 aliphatic heterocycles. The lowest BCUT2D eigenvalue weighted by Gasteiger charge is -2.30. The van der Waals surface area contributed by atoms with Crippen molar-refractivity contribution in [3.8, 4) is 0 Å². The van der Waals surface area contributed by atoms with Crippen molar-refractivity contribution in [3.63, 3.8) is 0 Å². The van der Waals surface area contributed by atoms with Gasteiger partial charge >= 0.3 is 0 Å². The summed E-state index contributed by atoms with van der Waals surface area (Å²) in [6, 6.07) is 0.480. The summed E-state index contributed by atoms with van der Waals surface area (Å²) in [5.74, 6) is 1.36. The van der Waals surface area contributed by atoms with Crippen LogP contribution in [-0.2, 0) is 0 Å². The number of hydrogen-bond donors (Lipinski definition) is 4. The van der Waals surface area contributed by atoms with E-state index in [9.17, 15) is 0 Å². The van der Waals surface area contributed by atoms with Crippen LogP contribution in [0.15, 0.2) is 0 Å². The zero-order valence-electron chi connectivity index (χ0n) is 12.8. The average Bonchev–Trinajstić information content (AvgIpc) is 2.39. The molecule has 116 valence electrons. The fraction of sp³-hybridized carbons (Fsp3) is 0.857. The Labute approximate surface area is 133 Å². The molecule has 0 spiro atoms. The molecule has 0 amide bonds. The molecule has 1 aliphatic carbocycles. The first kappa shape index (κ1) is 17.4. The maximum absolute atomic E-state index is 5.29. The smallest absolute Gasteiger partial charge is 0.185 e. The molecule has 0 unspecified atom stereocenters. The molecule has 1 fully saturated rings. The van der Waals surface area contributed by atoms with Gasteiger partial charge in [-0.1, -0.05) is 33.6 Å². The third-order valence-electron chi connectivity index (χ3n) is 3.72. The van der Waals surface area contributed by atoms with Crippen molar-refractivity contribution in [2.45, 2.75) is 58.9 Å². The summed E-state index contributed by atoms with van der Waals surface area (Å²) < 4.78 is 0. The summed E-state index contributed by atoms with van der Waals surface area (Å²) in [6.45, 7) is 7.55. The lowest BCUT2D eigenvalue weighted by molar-refractivity contribution is 0.308. The molecule has 0 bridgehead atoms. The van der Waals surface area contributed by atoms with Crippen molar-refractivity contribution >= 4 is 34.7 Å². The Morgan fingerprint density at radius 3 is 2.40 bits per heavy atom. The molecule has 0 heterocycles. The molecule has 0 aromatic rings. The van der Waals surface area contributed by atoms with Gasteiger partial charge < -0.3 is 10.6 Å². The number of hydrazine groups is 1. The maximum Gasteiger partial charge on any atom is 0.185 e. The van der Waals surface area contributed by atoms with Gasteiger partial charge in [0.1, 0.15) is 0 Å². The standard InChI is InChI=1S/C14H28N4S2/c1-10(2)8-9-15-13(19)17-18-14(20)16-12-7-5-4-6-11(12)3/h10-12H,4-9H2,1-3H3,(H2,15,17,19)(H2,16,18,20)/t11-,12-/m1/s1. The predicted octanol–water partition coefficient (Wildman–Crippen LogP) is 2.45. The van der Waals surface area contributed by atoms with Gasteiger partial charge in [-0.15, -0.1) is 0 Å². The largest absolute Gasteiger partial charge is 0.361 e. The third kappa shape index (κ3) is 7.24. The predicted molar refractivity (Wildman–Crippen MR) is 93.5 cm³/mol. The first-order chi connectivity index (χ1) is 9.49. The summed E-state index contributed by atoms with van der Waals surface area (Å²) >= 11 is 10.5. The van der Waals surface area contributed by atoms with Gasteiger partial charge in [-0.2, -0.15) is 0 Å². The third-order valence-corrected chi connectivity index (χ3v) is 4.19. The number of rotatable bonds is 4. The van der Waals surface area contributed by atoms with Gasteiger partial charge in [-0.05, 0) is 55.5 Å². The van der Waals surface area contributed by atoms with Gasteiger partial charge in [0.15, 0.2) is 10.2 Å². The van der Waals surface area contributed by atoms with Gasteiger partial charge in [-0.3, -0.25) is 10.9 Å². The van der Waals surface area contributed by atoms with E-state index in [0.29, 0.717) is 28.1 Å². The monoisotopic (exact) mass is 316 g/mol. The Balaban J connectivity index is 2.14. The van der Waals surface area contributed by atoms with Crippen molar-refractivity contribution < 1.29 is 0 Å². The molecule has 1 saturated carbocycles. The lowest BCUT2D eigenvalue weighted by Crippen LogP contribution is -2.53. The van der Waals surface area contributed by atoms with Crippen molar-refractivity contribution in [3.05, 3.63) is 0 Å². The average molecular weight is 317 g/mol. The molecule has 1 rings (SSSR count). The van der Waals surface area contributed by atoms with Crippen LogP contribution in [0.1, 0.15) is 52.9 Å². The summed E-state index contributed by atoms with van der Waals surface area (Å²) in [6.07, 6.45) is 6.20. The zero-order chi connectivity index (χ0) is 15.0. The topological polar surface area (TPSA) is 48.1 Å². The Kier molecular flexibility index (Phi) is 8.14. The Morgan fingerprint density at radius 2 is 1.75 bits per heavy atom. The molecule has 0 saturated heterocycles. The molecular formula is C14H28N4S2. The van der Waals surface area contributed by atoms with Crippen LogP contribution in [-0.4, -0.2) is 22.8 Å². The summed E-state index contributed by atoms with van der Waals surface area (Å²) in [7, 11) is 0. The van der Waals surface area contributed by atoms with Gasteiger partial charge in [0.05, 0.1) is 0 Å². The van der Waals surface area contributed by atoms with E-state index in [-0.39, 0.29) is 0 Å². The van der Waals surface area contributed by atoms with Crippen LogP contribution in [0.4, 0.5) is 0 Å². The Hall–Kier alpha value is -0.620. The van der Waals surface area contributed by atoms with E-state index in [2.05, 4.69) is 42.3 Å². The van der Waals surface area contributed by atoms with Gasteiger partial charge in [0.25, 0.3) is 0 Å². The Morgan fingerprint density at radius 1 is 1.10 bits per heavy atom. The minimum absolute atomic E-state index is 0.480. The zero-order valence-corrected chi connectivity index (χ0v) is 14.4. The summed E-state index contributed by atoms with van der Waals surface area (Å²) in [5.41, 5.74) is 5.88. The minimum atomic E-state index is 0.480. The van der Waals surface area contributed by atoms with E-state index < -0.39 is 0 Å². The first-order valence-corrected chi connectivity index (χ1v) is 8.41. The number of nitrogens with one attached hydrogen (secondary N) is 4. The molecule has 0 aromatic heterocycles. The highest BCUT2D eigenvalue weighted by atomic mass is 32.1. The molecule has 4 nitrogen and oxygen atoms in total. The molecule has 0 aromatic carbocycles. The van der Waals surface area contributed by atoms with Crippen LogP contribution < -0.4 is 21.5 Å². The minimum Gasteiger partial charge on any atom is -0.361 e. The van der Waals surface area contributed by atoms with Crippen LogP contribution in [0, 0.1) is 11.8 Å². The van der Waals surface area contributed by atoms with Crippen LogP contribution in [0.25, 0.3) is 0 Å². The molecule has 1 aliphatic rings. The second kappa shape index (κ2) is 9.34. The second-order valence-corrected chi connectivity index (χ2v) is 6.85. The highest BCUT2D eigenvalue weighted by Gasteiger charge is 2.21. The van der Waals surface area contributed by atoms with Gasteiger partial charge in [-0.25, -0.2) is 0 Å². The first-order valence-electron chi connectivity index (χ1n) is 7.59. The van der Waals surface area contributed by atoms with Gasteiger partial charge in [0.2, 0.25) is 0 Å². The van der Waals surface area contributed by atoms with E-state index in [0.717, 1.165) is 13.0 Å².